The number of anilines is 1. The SMILES string of the molecule is Cn1cc(-c2cn(C3O[C@H](CO)[C@@H](O)[C@@]3(C)O)c3ncnc(N)c23)nn1. The molecular formula is C15H19N7O4. The zero-order valence-electron chi connectivity index (χ0n) is 14.2. The minimum atomic E-state index is -1.65. The highest BCUT2D eigenvalue weighted by atomic mass is 16.6. The van der Waals surface area contributed by atoms with Crippen molar-refractivity contribution in [2.24, 2.45) is 7.05 Å². The van der Waals surface area contributed by atoms with E-state index in [1.54, 1.807) is 28.7 Å². The fraction of sp³-hybridized carbons (Fsp3) is 0.467. The van der Waals surface area contributed by atoms with Gasteiger partial charge in [0.1, 0.15) is 41.3 Å². The first kappa shape index (κ1) is 16.8. The van der Waals surface area contributed by atoms with Gasteiger partial charge in [0.2, 0.25) is 0 Å². The van der Waals surface area contributed by atoms with E-state index in [4.69, 9.17) is 10.5 Å². The number of hydrogen-bond acceptors (Lipinski definition) is 9. The van der Waals surface area contributed by atoms with Crippen molar-refractivity contribution in [2.75, 3.05) is 12.3 Å². The minimum Gasteiger partial charge on any atom is -0.394 e. The lowest BCUT2D eigenvalue weighted by Crippen LogP contribution is -2.44. The molecule has 0 spiro atoms. The van der Waals surface area contributed by atoms with Crippen LogP contribution in [0.1, 0.15) is 13.2 Å². The summed E-state index contributed by atoms with van der Waals surface area (Å²) in [6.07, 6.45) is 1.51. The third-order valence-electron chi connectivity index (χ3n) is 4.70. The van der Waals surface area contributed by atoms with Gasteiger partial charge < -0.3 is 30.4 Å². The maximum Gasteiger partial charge on any atom is 0.167 e. The number of rotatable bonds is 3. The number of fused-ring (bicyclic) bond motifs is 1. The van der Waals surface area contributed by atoms with Crippen LogP contribution in [0.4, 0.5) is 5.82 Å². The van der Waals surface area contributed by atoms with Crippen molar-refractivity contribution >= 4 is 16.9 Å². The lowest BCUT2D eigenvalue weighted by Gasteiger charge is -2.27. The first-order valence-corrected chi connectivity index (χ1v) is 7.99. The van der Waals surface area contributed by atoms with Crippen LogP contribution in [0, 0.1) is 0 Å². The van der Waals surface area contributed by atoms with Gasteiger partial charge in [-0.15, -0.1) is 5.10 Å². The van der Waals surface area contributed by atoms with E-state index < -0.39 is 30.6 Å². The van der Waals surface area contributed by atoms with Crippen molar-refractivity contribution in [3.05, 3.63) is 18.7 Å². The van der Waals surface area contributed by atoms with Crippen LogP contribution in [0.25, 0.3) is 22.3 Å². The topological polar surface area (TPSA) is 157 Å². The number of nitrogens with zero attached hydrogens (tertiary/aromatic N) is 6. The fourth-order valence-corrected chi connectivity index (χ4v) is 3.34. The monoisotopic (exact) mass is 361 g/mol. The second-order valence-electron chi connectivity index (χ2n) is 6.57. The molecule has 138 valence electrons. The summed E-state index contributed by atoms with van der Waals surface area (Å²) in [7, 11) is 1.74. The Morgan fingerprint density at radius 2 is 2.12 bits per heavy atom. The van der Waals surface area contributed by atoms with Crippen LogP contribution < -0.4 is 5.73 Å². The molecule has 1 fully saturated rings. The quantitative estimate of drug-likeness (QED) is 0.450. The fourth-order valence-electron chi connectivity index (χ4n) is 3.34. The maximum atomic E-state index is 10.8. The highest BCUT2D eigenvalue weighted by molar-refractivity contribution is 5.99. The molecule has 4 heterocycles. The van der Waals surface area contributed by atoms with Gasteiger partial charge in [-0.05, 0) is 6.92 Å². The molecule has 26 heavy (non-hydrogen) atoms. The molecule has 0 saturated carbocycles. The van der Waals surface area contributed by atoms with Gasteiger partial charge in [-0.25, -0.2) is 9.97 Å². The third kappa shape index (κ3) is 2.29. The van der Waals surface area contributed by atoms with Gasteiger partial charge in [0, 0.05) is 18.8 Å². The van der Waals surface area contributed by atoms with E-state index in [-0.39, 0.29) is 5.82 Å². The number of aliphatic hydroxyl groups excluding tert-OH is 2. The first-order chi connectivity index (χ1) is 12.3. The summed E-state index contributed by atoms with van der Waals surface area (Å²) in [4.78, 5) is 8.29. The Labute approximate surface area is 147 Å². The van der Waals surface area contributed by atoms with Gasteiger partial charge >= 0.3 is 0 Å². The van der Waals surface area contributed by atoms with Crippen LogP contribution in [-0.2, 0) is 11.8 Å². The molecule has 1 aliphatic heterocycles. The van der Waals surface area contributed by atoms with Gasteiger partial charge in [0.05, 0.1) is 18.2 Å². The summed E-state index contributed by atoms with van der Waals surface area (Å²) >= 11 is 0. The van der Waals surface area contributed by atoms with E-state index in [9.17, 15) is 15.3 Å². The van der Waals surface area contributed by atoms with Gasteiger partial charge in [-0.3, -0.25) is 4.68 Å². The number of nitrogens with two attached hydrogens (primary N) is 1. The molecule has 0 aliphatic carbocycles. The molecule has 4 atom stereocenters. The predicted octanol–water partition coefficient (Wildman–Crippen LogP) is -1.19. The van der Waals surface area contributed by atoms with Crippen molar-refractivity contribution in [3.8, 4) is 11.3 Å². The molecule has 0 bridgehead atoms. The van der Waals surface area contributed by atoms with Crippen LogP contribution in [-0.4, -0.2) is 69.3 Å². The van der Waals surface area contributed by atoms with Gasteiger partial charge in [0.25, 0.3) is 0 Å². The molecule has 1 unspecified atom stereocenters. The maximum absolute atomic E-state index is 10.8. The molecule has 3 aromatic heterocycles. The highest BCUT2D eigenvalue weighted by Gasteiger charge is 2.53. The Morgan fingerprint density at radius 3 is 2.73 bits per heavy atom. The summed E-state index contributed by atoms with van der Waals surface area (Å²) in [5, 5.41) is 39.0. The molecule has 0 amide bonds. The molecule has 11 nitrogen and oxygen atoms in total. The number of aryl methyl sites for hydroxylation is 1. The molecule has 1 aliphatic rings. The molecule has 0 radical (unpaired) electrons. The zero-order valence-corrected chi connectivity index (χ0v) is 14.2. The average molecular weight is 361 g/mol. The van der Waals surface area contributed by atoms with E-state index in [0.29, 0.717) is 22.3 Å². The zero-order chi connectivity index (χ0) is 18.6. The molecule has 5 N–H and O–H groups in total. The van der Waals surface area contributed by atoms with Crippen LogP contribution in [0.5, 0.6) is 0 Å². The van der Waals surface area contributed by atoms with E-state index >= 15 is 0 Å². The van der Waals surface area contributed by atoms with Gasteiger partial charge in [-0.2, -0.15) is 0 Å². The Morgan fingerprint density at radius 1 is 1.35 bits per heavy atom. The Balaban J connectivity index is 1.93. The Bertz CT molecular complexity index is 966. The third-order valence-corrected chi connectivity index (χ3v) is 4.70. The van der Waals surface area contributed by atoms with Crippen molar-refractivity contribution in [3.63, 3.8) is 0 Å². The van der Waals surface area contributed by atoms with E-state index in [0.717, 1.165) is 0 Å². The van der Waals surface area contributed by atoms with E-state index in [1.807, 2.05) is 0 Å². The molecule has 11 heteroatoms. The standard InChI is InChI=1S/C15H19N7O4/c1-15(25)11(24)9(5-23)26-14(15)22-3-7(8-4-21(2)20-19-8)10-12(16)17-6-18-13(10)22/h3-4,6,9,11,14,23-25H,5H2,1-2H3,(H2,16,17,18)/t9-,11-,14?,15-/m1/s1. The van der Waals surface area contributed by atoms with Crippen LogP contribution >= 0.6 is 0 Å². The predicted molar refractivity (Wildman–Crippen MR) is 89.6 cm³/mol. The second-order valence-corrected chi connectivity index (χ2v) is 6.57. The summed E-state index contributed by atoms with van der Waals surface area (Å²) in [5.74, 6) is 0.242. The number of aromatic nitrogens is 6. The molecule has 1 saturated heterocycles. The van der Waals surface area contributed by atoms with Crippen LogP contribution in [0.15, 0.2) is 18.7 Å². The number of nitrogen functional groups attached to an aromatic ring is 1. The number of aliphatic hydroxyl groups is 3. The lowest BCUT2D eigenvalue weighted by atomic mass is 9.96. The normalized spacial score (nSPS) is 28.9. The Hall–Kier alpha value is -2.60. The highest BCUT2D eigenvalue weighted by Crippen LogP contribution is 2.42. The van der Waals surface area contributed by atoms with Crippen molar-refractivity contribution < 1.29 is 20.1 Å². The Kier molecular flexibility index (Phi) is 3.70. The molecule has 0 aromatic carbocycles. The minimum absolute atomic E-state index is 0.242. The van der Waals surface area contributed by atoms with Gasteiger partial charge in [0.15, 0.2) is 6.23 Å². The molecule has 4 rings (SSSR count). The summed E-state index contributed by atoms with van der Waals surface area (Å²) < 4.78 is 8.81. The van der Waals surface area contributed by atoms with E-state index in [1.165, 1.54) is 13.3 Å². The van der Waals surface area contributed by atoms with Crippen LogP contribution in [0.2, 0.25) is 0 Å². The second kappa shape index (κ2) is 5.71. The number of ether oxygens (including phenoxy) is 1. The van der Waals surface area contributed by atoms with E-state index in [2.05, 4.69) is 20.3 Å². The first-order valence-electron chi connectivity index (χ1n) is 7.99. The van der Waals surface area contributed by atoms with Crippen molar-refractivity contribution in [2.45, 2.75) is 31.0 Å². The average Bonchev–Trinajstić information content (AvgIpc) is 3.25. The molecular weight excluding hydrogens is 342 g/mol. The summed E-state index contributed by atoms with van der Waals surface area (Å²) in [6, 6.07) is 0. The lowest BCUT2D eigenvalue weighted by molar-refractivity contribution is -0.0948. The number of hydrogen-bond donors (Lipinski definition) is 4. The smallest absolute Gasteiger partial charge is 0.167 e. The summed E-state index contributed by atoms with van der Waals surface area (Å²) in [6.45, 7) is 1.01. The van der Waals surface area contributed by atoms with Crippen molar-refractivity contribution in [1.29, 1.82) is 0 Å². The molecule has 3 aromatic rings. The summed E-state index contributed by atoms with van der Waals surface area (Å²) in [5.41, 5.74) is 5.98. The van der Waals surface area contributed by atoms with Crippen LogP contribution in [0.3, 0.4) is 0 Å². The largest absolute Gasteiger partial charge is 0.394 e. The van der Waals surface area contributed by atoms with Gasteiger partial charge in [-0.1, -0.05) is 5.21 Å². The van der Waals surface area contributed by atoms with Crippen molar-refractivity contribution in [1.82, 2.24) is 29.5 Å².